The van der Waals surface area contributed by atoms with Crippen molar-refractivity contribution in [1.82, 2.24) is 15.5 Å². The van der Waals surface area contributed by atoms with Crippen LogP contribution in [0.4, 0.5) is 0 Å². The molecule has 0 aromatic heterocycles. The van der Waals surface area contributed by atoms with E-state index in [1.165, 1.54) is 19.4 Å². The summed E-state index contributed by atoms with van der Waals surface area (Å²) in [5.41, 5.74) is 0. The van der Waals surface area contributed by atoms with Crippen molar-refractivity contribution in [2.24, 2.45) is 4.99 Å². The first kappa shape index (κ1) is 18.6. The third-order valence-electron chi connectivity index (χ3n) is 4.63. The molecule has 0 radical (unpaired) electrons. The lowest BCUT2D eigenvalue weighted by atomic mass is 10.2. The van der Waals surface area contributed by atoms with Gasteiger partial charge in [0.1, 0.15) is 11.9 Å². The lowest BCUT2D eigenvalue weighted by Crippen LogP contribution is -2.47. The molecule has 2 atom stereocenters. The van der Waals surface area contributed by atoms with Gasteiger partial charge in [0.05, 0.1) is 6.54 Å². The number of hydrogen-bond donors (Lipinski definition) is 2. The quantitative estimate of drug-likeness (QED) is 0.567. The van der Waals surface area contributed by atoms with Gasteiger partial charge in [0.25, 0.3) is 0 Å². The monoisotopic (exact) mass is 332 g/mol. The van der Waals surface area contributed by atoms with Gasteiger partial charge in [-0.1, -0.05) is 32.0 Å². The molecule has 1 aliphatic rings. The zero-order valence-electron chi connectivity index (χ0n) is 15.3. The number of ether oxygens (including phenoxy) is 1. The average Bonchev–Trinajstić information content (AvgIpc) is 3.09. The second kappa shape index (κ2) is 10.2. The predicted octanol–water partition coefficient (Wildman–Crippen LogP) is 2.49. The van der Waals surface area contributed by atoms with Gasteiger partial charge in [0.15, 0.2) is 5.96 Å². The number of likely N-dealkylation sites (tertiary alicyclic amines) is 1. The Hall–Kier alpha value is -1.75. The van der Waals surface area contributed by atoms with Gasteiger partial charge in [-0.15, -0.1) is 0 Å². The number of aliphatic imine (C=N–C) groups is 1. The highest BCUT2D eigenvalue weighted by Gasteiger charge is 2.22. The molecule has 2 rings (SSSR count). The summed E-state index contributed by atoms with van der Waals surface area (Å²) in [6.45, 7) is 8.41. The first-order chi connectivity index (χ1) is 11.8. The third kappa shape index (κ3) is 5.71. The van der Waals surface area contributed by atoms with Crippen LogP contribution in [0.3, 0.4) is 0 Å². The highest BCUT2D eigenvalue weighted by Crippen LogP contribution is 2.15. The van der Waals surface area contributed by atoms with Crippen molar-refractivity contribution in [3.05, 3.63) is 30.3 Å². The molecule has 0 saturated carbocycles. The molecule has 1 saturated heterocycles. The number of nitrogens with one attached hydrogen (secondary N) is 2. The summed E-state index contributed by atoms with van der Waals surface area (Å²) in [6.07, 6.45) is 3.65. The number of guanidine groups is 1. The summed E-state index contributed by atoms with van der Waals surface area (Å²) >= 11 is 0. The van der Waals surface area contributed by atoms with E-state index in [9.17, 15) is 0 Å². The largest absolute Gasteiger partial charge is 0.489 e. The summed E-state index contributed by atoms with van der Waals surface area (Å²) in [6, 6.07) is 10.6. The van der Waals surface area contributed by atoms with Crippen LogP contribution >= 0.6 is 0 Å². The highest BCUT2D eigenvalue weighted by atomic mass is 16.5. The minimum atomic E-state index is 0.129. The Labute approximate surface area is 146 Å². The topological polar surface area (TPSA) is 48.9 Å². The zero-order chi connectivity index (χ0) is 17.2. The number of nitrogens with zero attached hydrogens (tertiary/aromatic N) is 2. The Kier molecular flexibility index (Phi) is 7.89. The molecule has 0 bridgehead atoms. The fraction of sp³-hybridized carbons (Fsp3) is 0.632. The Morgan fingerprint density at radius 2 is 2.08 bits per heavy atom. The molecule has 1 fully saturated rings. The molecular formula is C19H32N4O. The SMILES string of the molecule is CCC(CNC(=NC)NCC1CCCN1CC)Oc1ccccc1. The number of rotatable bonds is 8. The van der Waals surface area contributed by atoms with Crippen molar-refractivity contribution in [2.45, 2.75) is 45.3 Å². The Bertz CT molecular complexity index is 491. The van der Waals surface area contributed by atoms with Gasteiger partial charge in [-0.05, 0) is 44.5 Å². The van der Waals surface area contributed by atoms with E-state index in [0.717, 1.165) is 37.8 Å². The van der Waals surface area contributed by atoms with Crippen LogP contribution in [0.1, 0.15) is 33.1 Å². The van der Waals surface area contributed by atoms with Gasteiger partial charge in [-0.2, -0.15) is 0 Å². The van der Waals surface area contributed by atoms with Crippen molar-refractivity contribution in [1.29, 1.82) is 0 Å². The van der Waals surface area contributed by atoms with E-state index >= 15 is 0 Å². The number of benzene rings is 1. The van der Waals surface area contributed by atoms with Crippen molar-refractivity contribution >= 4 is 5.96 Å². The van der Waals surface area contributed by atoms with E-state index in [-0.39, 0.29) is 6.10 Å². The molecule has 0 spiro atoms. The average molecular weight is 332 g/mol. The predicted molar refractivity (Wildman–Crippen MR) is 101 cm³/mol. The van der Waals surface area contributed by atoms with E-state index in [2.05, 4.69) is 34.4 Å². The van der Waals surface area contributed by atoms with Gasteiger partial charge in [-0.25, -0.2) is 0 Å². The molecule has 5 heteroatoms. The number of para-hydroxylation sites is 1. The minimum absolute atomic E-state index is 0.129. The van der Waals surface area contributed by atoms with Crippen molar-refractivity contribution in [3.63, 3.8) is 0 Å². The van der Waals surface area contributed by atoms with Gasteiger partial charge >= 0.3 is 0 Å². The van der Waals surface area contributed by atoms with E-state index in [0.29, 0.717) is 6.04 Å². The fourth-order valence-corrected chi connectivity index (χ4v) is 3.15. The molecule has 1 heterocycles. The van der Waals surface area contributed by atoms with Crippen LogP contribution in [0, 0.1) is 0 Å². The second-order valence-electron chi connectivity index (χ2n) is 6.22. The van der Waals surface area contributed by atoms with Crippen LogP contribution in [0.2, 0.25) is 0 Å². The molecule has 0 amide bonds. The standard InChI is InChI=1S/C19H32N4O/c1-4-17(24-18-11-7-6-8-12-18)15-22-19(20-3)21-14-16-10-9-13-23(16)5-2/h6-8,11-12,16-17H,4-5,9-10,13-15H2,1-3H3,(H2,20,21,22). The molecule has 2 unspecified atom stereocenters. The van der Waals surface area contributed by atoms with Gasteiger partial charge in [-0.3, -0.25) is 9.89 Å². The van der Waals surface area contributed by atoms with E-state index < -0.39 is 0 Å². The van der Waals surface area contributed by atoms with Crippen molar-refractivity contribution < 1.29 is 4.74 Å². The maximum Gasteiger partial charge on any atom is 0.191 e. The second-order valence-corrected chi connectivity index (χ2v) is 6.22. The van der Waals surface area contributed by atoms with Crippen LogP contribution in [0.5, 0.6) is 5.75 Å². The number of likely N-dealkylation sites (N-methyl/N-ethyl adjacent to an activating group) is 1. The minimum Gasteiger partial charge on any atom is -0.489 e. The molecule has 134 valence electrons. The van der Waals surface area contributed by atoms with E-state index in [4.69, 9.17) is 4.74 Å². The molecular weight excluding hydrogens is 300 g/mol. The van der Waals surface area contributed by atoms with Crippen LogP contribution in [0.25, 0.3) is 0 Å². The molecule has 0 aliphatic carbocycles. The lowest BCUT2D eigenvalue weighted by Gasteiger charge is -2.24. The summed E-state index contributed by atoms with van der Waals surface area (Å²) in [7, 11) is 1.82. The Morgan fingerprint density at radius 3 is 2.75 bits per heavy atom. The van der Waals surface area contributed by atoms with E-state index in [1.807, 2.05) is 37.4 Å². The maximum absolute atomic E-state index is 6.02. The summed E-state index contributed by atoms with van der Waals surface area (Å²) < 4.78 is 6.02. The van der Waals surface area contributed by atoms with Gasteiger partial charge in [0, 0.05) is 19.6 Å². The first-order valence-corrected chi connectivity index (χ1v) is 9.17. The molecule has 2 N–H and O–H groups in total. The molecule has 1 aromatic rings. The van der Waals surface area contributed by atoms with Crippen LogP contribution in [-0.4, -0.2) is 56.2 Å². The number of hydrogen-bond acceptors (Lipinski definition) is 3. The van der Waals surface area contributed by atoms with Crippen molar-refractivity contribution in [2.75, 3.05) is 33.2 Å². The first-order valence-electron chi connectivity index (χ1n) is 9.17. The molecule has 5 nitrogen and oxygen atoms in total. The molecule has 1 aliphatic heterocycles. The van der Waals surface area contributed by atoms with Gasteiger partial charge in [0.2, 0.25) is 0 Å². The maximum atomic E-state index is 6.02. The summed E-state index contributed by atoms with van der Waals surface area (Å²) in [5.74, 6) is 1.77. The van der Waals surface area contributed by atoms with Crippen LogP contribution in [-0.2, 0) is 0 Å². The zero-order valence-corrected chi connectivity index (χ0v) is 15.3. The third-order valence-corrected chi connectivity index (χ3v) is 4.63. The Morgan fingerprint density at radius 1 is 1.29 bits per heavy atom. The molecule has 24 heavy (non-hydrogen) atoms. The normalized spacial score (nSPS) is 20.0. The lowest BCUT2D eigenvalue weighted by molar-refractivity contribution is 0.199. The summed E-state index contributed by atoms with van der Waals surface area (Å²) in [4.78, 5) is 6.87. The van der Waals surface area contributed by atoms with Crippen molar-refractivity contribution in [3.8, 4) is 5.75 Å². The fourth-order valence-electron chi connectivity index (χ4n) is 3.15. The summed E-state index contributed by atoms with van der Waals surface area (Å²) in [5, 5.41) is 6.85. The highest BCUT2D eigenvalue weighted by molar-refractivity contribution is 5.79. The molecule has 1 aromatic carbocycles. The van der Waals surface area contributed by atoms with E-state index in [1.54, 1.807) is 0 Å². The smallest absolute Gasteiger partial charge is 0.191 e. The van der Waals surface area contributed by atoms with Crippen LogP contribution < -0.4 is 15.4 Å². The van der Waals surface area contributed by atoms with Crippen LogP contribution in [0.15, 0.2) is 35.3 Å². The van der Waals surface area contributed by atoms with Gasteiger partial charge < -0.3 is 15.4 Å². The Balaban J connectivity index is 1.75.